The van der Waals surface area contributed by atoms with E-state index in [1.165, 1.54) is 6.07 Å². The summed E-state index contributed by atoms with van der Waals surface area (Å²) in [6.07, 6.45) is -0.968. The van der Waals surface area contributed by atoms with E-state index in [0.29, 0.717) is 28.9 Å². The molecule has 1 aromatic heterocycles. The van der Waals surface area contributed by atoms with Crippen LogP contribution in [0.4, 0.5) is 20.2 Å². The van der Waals surface area contributed by atoms with E-state index in [2.05, 4.69) is 10.3 Å². The zero-order valence-electron chi connectivity index (χ0n) is 13.6. The number of alkyl halides is 2. The van der Waals surface area contributed by atoms with Crippen molar-refractivity contribution in [3.05, 3.63) is 70.4 Å². The van der Waals surface area contributed by atoms with E-state index in [1.807, 2.05) is 6.07 Å². The third-order valence-electron chi connectivity index (χ3n) is 3.70. The second kappa shape index (κ2) is 7.73. The highest BCUT2D eigenvalue weighted by Crippen LogP contribution is 2.30. The molecule has 0 aliphatic heterocycles. The molecule has 8 heteroatoms. The summed E-state index contributed by atoms with van der Waals surface area (Å²) < 4.78 is 29.5. The van der Waals surface area contributed by atoms with E-state index in [0.717, 1.165) is 5.56 Å². The van der Waals surface area contributed by atoms with Gasteiger partial charge < -0.3 is 10.1 Å². The SMILES string of the molecule is O=[N+]([O-])c1ccc(NCc2cccc(OCC(F)F)c2)c2ncccc12. The minimum Gasteiger partial charge on any atom is -0.488 e. The molecule has 0 saturated heterocycles. The zero-order chi connectivity index (χ0) is 18.5. The molecule has 0 atom stereocenters. The van der Waals surface area contributed by atoms with E-state index in [4.69, 9.17) is 4.74 Å². The Labute approximate surface area is 147 Å². The summed E-state index contributed by atoms with van der Waals surface area (Å²) in [5.74, 6) is 0.358. The van der Waals surface area contributed by atoms with Gasteiger partial charge in [0.25, 0.3) is 12.1 Å². The first kappa shape index (κ1) is 17.5. The molecule has 0 unspecified atom stereocenters. The Balaban J connectivity index is 1.79. The van der Waals surface area contributed by atoms with Gasteiger partial charge in [0.05, 0.1) is 16.0 Å². The number of nitrogens with zero attached hydrogens (tertiary/aromatic N) is 2. The Morgan fingerprint density at radius 3 is 2.81 bits per heavy atom. The average Bonchev–Trinajstić information content (AvgIpc) is 2.64. The molecule has 3 aromatic rings. The molecule has 3 rings (SSSR count). The van der Waals surface area contributed by atoms with Crippen molar-refractivity contribution in [2.45, 2.75) is 13.0 Å². The fourth-order valence-corrected chi connectivity index (χ4v) is 2.56. The number of pyridine rings is 1. The number of non-ortho nitro benzene ring substituents is 1. The van der Waals surface area contributed by atoms with Crippen LogP contribution in [0.2, 0.25) is 0 Å². The van der Waals surface area contributed by atoms with Gasteiger partial charge in [0.15, 0.2) is 0 Å². The van der Waals surface area contributed by atoms with Gasteiger partial charge in [-0.05, 0) is 35.9 Å². The summed E-state index contributed by atoms with van der Waals surface area (Å²) in [7, 11) is 0. The maximum absolute atomic E-state index is 12.2. The van der Waals surface area contributed by atoms with Crippen molar-refractivity contribution in [3.8, 4) is 5.75 Å². The number of nitrogens with one attached hydrogen (secondary N) is 1. The molecule has 2 aromatic carbocycles. The first-order valence-corrected chi connectivity index (χ1v) is 7.80. The molecule has 134 valence electrons. The van der Waals surface area contributed by atoms with Crippen molar-refractivity contribution in [2.75, 3.05) is 11.9 Å². The highest BCUT2D eigenvalue weighted by atomic mass is 19.3. The highest BCUT2D eigenvalue weighted by molar-refractivity contribution is 5.96. The third-order valence-corrected chi connectivity index (χ3v) is 3.70. The molecule has 0 bridgehead atoms. The second-order valence-corrected chi connectivity index (χ2v) is 5.49. The lowest BCUT2D eigenvalue weighted by atomic mass is 10.1. The number of anilines is 1. The number of aromatic nitrogens is 1. The summed E-state index contributed by atoms with van der Waals surface area (Å²) in [6, 6.07) is 13.1. The Hall–Kier alpha value is -3.29. The molecule has 1 N–H and O–H groups in total. The molecule has 0 aliphatic carbocycles. The number of nitro groups is 1. The van der Waals surface area contributed by atoms with Crippen molar-refractivity contribution in [1.82, 2.24) is 4.98 Å². The van der Waals surface area contributed by atoms with Crippen LogP contribution in [-0.4, -0.2) is 22.9 Å². The molecule has 6 nitrogen and oxygen atoms in total. The molecule has 0 radical (unpaired) electrons. The maximum atomic E-state index is 12.2. The van der Waals surface area contributed by atoms with Gasteiger partial charge in [0.2, 0.25) is 0 Å². The fraction of sp³-hybridized carbons (Fsp3) is 0.167. The van der Waals surface area contributed by atoms with E-state index >= 15 is 0 Å². The second-order valence-electron chi connectivity index (χ2n) is 5.49. The quantitative estimate of drug-likeness (QED) is 0.500. The molecule has 0 spiro atoms. The van der Waals surface area contributed by atoms with Crippen LogP contribution in [-0.2, 0) is 6.54 Å². The van der Waals surface area contributed by atoms with Gasteiger partial charge >= 0.3 is 0 Å². The normalized spacial score (nSPS) is 10.9. The van der Waals surface area contributed by atoms with E-state index in [1.54, 1.807) is 42.6 Å². The zero-order valence-corrected chi connectivity index (χ0v) is 13.6. The van der Waals surface area contributed by atoms with Crippen molar-refractivity contribution in [1.29, 1.82) is 0 Å². The first-order valence-electron chi connectivity index (χ1n) is 7.80. The van der Waals surface area contributed by atoms with Crippen LogP contribution in [0.15, 0.2) is 54.7 Å². The lowest BCUT2D eigenvalue weighted by Gasteiger charge is -2.11. The number of halogens is 2. The molecular weight excluding hydrogens is 344 g/mol. The van der Waals surface area contributed by atoms with Gasteiger partial charge in [-0.3, -0.25) is 15.1 Å². The molecule has 26 heavy (non-hydrogen) atoms. The monoisotopic (exact) mass is 359 g/mol. The van der Waals surface area contributed by atoms with Crippen LogP contribution in [0, 0.1) is 10.1 Å². The Kier molecular flexibility index (Phi) is 5.21. The van der Waals surface area contributed by atoms with Crippen LogP contribution in [0.1, 0.15) is 5.56 Å². The molecule has 0 aliphatic rings. The van der Waals surface area contributed by atoms with Crippen LogP contribution < -0.4 is 10.1 Å². The topological polar surface area (TPSA) is 77.3 Å². The third kappa shape index (κ3) is 4.02. The van der Waals surface area contributed by atoms with E-state index in [9.17, 15) is 18.9 Å². The summed E-state index contributed by atoms with van der Waals surface area (Å²) >= 11 is 0. The number of nitro benzene ring substituents is 1. The molecule has 0 amide bonds. The fourth-order valence-electron chi connectivity index (χ4n) is 2.56. The largest absolute Gasteiger partial charge is 0.488 e. The van der Waals surface area contributed by atoms with Gasteiger partial charge in [-0.1, -0.05) is 12.1 Å². The predicted octanol–water partition coefficient (Wildman–Crippen LogP) is 4.40. The van der Waals surface area contributed by atoms with Gasteiger partial charge in [0, 0.05) is 18.8 Å². The van der Waals surface area contributed by atoms with Crippen molar-refractivity contribution < 1.29 is 18.4 Å². The summed E-state index contributed by atoms with van der Waals surface area (Å²) in [6.45, 7) is -0.275. The van der Waals surface area contributed by atoms with Crippen LogP contribution >= 0.6 is 0 Å². The van der Waals surface area contributed by atoms with Crippen LogP contribution in [0.25, 0.3) is 10.9 Å². The smallest absolute Gasteiger partial charge is 0.278 e. The van der Waals surface area contributed by atoms with E-state index < -0.39 is 18.0 Å². The van der Waals surface area contributed by atoms with Crippen LogP contribution in [0.5, 0.6) is 5.75 Å². The number of benzene rings is 2. The average molecular weight is 359 g/mol. The number of ether oxygens (including phenoxy) is 1. The number of hydrogen-bond acceptors (Lipinski definition) is 5. The van der Waals surface area contributed by atoms with Gasteiger partial charge in [0.1, 0.15) is 17.9 Å². The van der Waals surface area contributed by atoms with E-state index in [-0.39, 0.29) is 5.69 Å². The maximum Gasteiger partial charge on any atom is 0.278 e. The molecular formula is C18H15F2N3O3. The summed E-state index contributed by atoms with van der Waals surface area (Å²) in [5.41, 5.74) is 1.94. The molecule has 0 saturated carbocycles. The minimum atomic E-state index is -2.53. The minimum absolute atomic E-state index is 0.0129. The van der Waals surface area contributed by atoms with Crippen molar-refractivity contribution >= 4 is 22.3 Å². The van der Waals surface area contributed by atoms with Crippen molar-refractivity contribution in [3.63, 3.8) is 0 Å². The Bertz CT molecular complexity index is 934. The molecule has 0 fully saturated rings. The molecule has 1 heterocycles. The number of fused-ring (bicyclic) bond motifs is 1. The summed E-state index contributed by atoms with van der Waals surface area (Å²) in [4.78, 5) is 14.9. The lowest BCUT2D eigenvalue weighted by molar-refractivity contribution is -0.383. The standard InChI is InChI=1S/C18H15F2N3O3/c19-17(20)11-26-13-4-1-3-12(9-13)10-22-15-6-7-16(23(24)25)14-5-2-8-21-18(14)15/h1-9,17,22H,10-11H2. The highest BCUT2D eigenvalue weighted by Gasteiger charge is 2.14. The van der Waals surface area contributed by atoms with Gasteiger partial charge in [-0.25, -0.2) is 8.78 Å². The Morgan fingerprint density at radius 2 is 2.04 bits per heavy atom. The lowest BCUT2D eigenvalue weighted by Crippen LogP contribution is -2.07. The van der Waals surface area contributed by atoms with Crippen molar-refractivity contribution in [2.24, 2.45) is 0 Å². The number of rotatable bonds is 7. The first-order chi connectivity index (χ1) is 12.5. The Morgan fingerprint density at radius 1 is 1.19 bits per heavy atom. The van der Waals surface area contributed by atoms with Crippen LogP contribution in [0.3, 0.4) is 0 Å². The summed E-state index contributed by atoms with van der Waals surface area (Å²) in [5, 5.41) is 14.8. The van der Waals surface area contributed by atoms with Gasteiger partial charge in [-0.2, -0.15) is 0 Å². The number of hydrogen-bond donors (Lipinski definition) is 1. The predicted molar refractivity (Wildman–Crippen MR) is 93.7 cm³/mol. The van der Waals surface area contributed by atoms with Gasteiger partial charge in [-0.15, -0.1) is 0 Å².